The highest BCUT2D eigenvalue weighted by Crippen LogP contribution is 2.38. The second-order valence-electron chi connectivity index (χ2n) is 5.66. The van der Waals surface area contributed by atoms with Crippen molar-refractivity contribution in [3.8, 4) is 0 Å². The quantitative estimate of drug-likeness (QED) is 0.726. The van der Waals surface area contributed by atoms with Gasteiger partial charge in [0.2, 0.25) is 0 Å². The van der Waals surface area contributed by atoms with Crippen LogP contribution in [0.3, 0.4) is 0 Å². The van der Waals surface area contributed by atoms with Crippen molar-refractivity contribution in [3.63, 3.8) is 0 Å². The van der Waals surface area contributed by atoms with Crippen LogP contribution >= 0.6 is 27.3 Å². The lowest BCUT2D eigenvalue weighted by atomic mass is 9.86. The van der Waals surface area contributed by atoms with Gasteiger partial charge < -0.3 is 5.32 Å². The van der Waals surface area contributed by atoms with E-state index in [1.54, 1.807) is 0 Å². The van der Waals surface area contributed by atoms with Crippen molar-refractivity contribution in [2.24, 2.45) is 0 Å². The molecular weight excluding hydrogens is 342 g/mol. The fraction of sp³-hybridized carbons (Fsp3) is 0.444. The first-order valence-electron chi connectivity index (χ1n) is 7.43. The molecule has 2 aromatic rings. The lowest BCUT2D eigenvalue weighted by Gasteiger charge is -2.26. The predicted octanol–water partition coefficient (Wildman–Crippen LogP) is 5.75. The van der Waals surface area contributed by atoms with Crippen LogP contribution in [0.1, 0.15) is 51.2 Å². The van der Waals surface area contributed by atoms with Crippen LogP contribution in [0.4, 0.5) is 0 Å². The Morgan fingerprint density at radius 2 is 1.52 bits per heavy atom. The van der Waals surface area contributed by atoms with Gasteiger partial charge in [0.15, 0.2) is 0 Å². The highest BCUT2D eigenvalue weighted by atomic mass is 79.9. The van der Waals surface area contributed by atoms with E-state index in [0.717, 1.165) is 6.54 Å². The van der Waals surface area contributed by atoms with Gasteiger partial charge in [0, 0.05) is 9.35 Å². The minimum Gasteiger partial charge on any atom is -0.306 e. The van der Waals surface area contributed by atoms with Gasteiger partial charge in [-0.3, -0.25) is 0 Å². The molecule has 1 N–H and O–H groups in total. The van der Waals surface area contributed by atoms with Gasteiger partial charge in [-0.25, -0.2) is 0 Å². The lowest BCUT2D eigenvalue weighted by Crippen LogP contribution is -2.24. The smallest absolute Gasteiger partial charge is 0.0687 e. The Morgan fingerprint density at radius 3 is 1.95 bits per heavy atom. The summed E-state index contributed by atoms with van der Waals surface area (Å²) >= 11 is 5.52. The van der Waals surface area contributed by atoms with E-state index in [9.17, 15) is 0 Å². The summed E-state index contributed by atoms with van der Waals surface area (Å²) in [6.45, 7) is 14.4. The number of rotatable bonds is 4. The van der Waals surface area contributed by atoms with Crippen LogP contribution in [0.5, 0.6) is 0 Å². The van der Waals surface area contributed by atoms with Crippen LogP contribution in [-0.4, -0.2) is 6.54 Å². The van der Waals surface area contributed by atoms with E-state index in [1.807, 2.05) is 11.3 Å². The van der Waals surface area contributed by atoms with Gasteiger partial charge >= 0.3 is 0 Å². The minimum absolute atomic E-state index is 0.266. The highest BCUT2D eigenvalue weighted by Gasteiger charge is 2.23. The third-order valence-corrected chi connectivity index (χ3v) is 6.60. The molecule has 1 aromatic carbocycles. The molecule has 3 heteroatoms. The topological polar surface area (TPSA) is 12.0 Å². The average Bonchev–Trinajstić information content (AvgIpc) is 2.88. The summed E-state index contributed by atoms with van der Waals surface area (Å²) in [6.07, 6.45) is 0. The fourth-order valence-electron chi connectivity index (χ4n) is 3.00. The van der Waals surface area contributed by atoms with Crippen LogP contribution in [0, 0.1) is 34.6 Å². The summed E-state index contributed by atoms with van der Waals surface area (Å²) in [6, 6.07) is 2.41. The van der Waals surface area contributed by atoms with Gasteiger partial charge in [-0.2, -0.15) is 0 Å². The summed E-state index contributed by atoms with van der Waals surface area (Å²) in [5.41, 5.74) is 8.55. The molecule has 0 aliphatic heterocycles. The molecule has 114 valence electrons. The Labute approximate surface area is 140 Å². The van der Waals surface area contributed by atoms with Crippen molar-refractivity contribution in [2.45, 2.75) is 47.6 Å². The Balaban J connectivity index is 2.70. The maximum atomic E-state index is 3.71. The normalized spacial score (nSPS) is 12.7. The van der Waals surface area contributed by atoms with Crippen LogP contribution in [-0.2, 0) is 0 Å². The van der Waals surface area contributed by atoms with Crippen LogP contribution < -0.4 is 5.32 Å². The second-order valence-corrected chi connectivity index (χ2v) is 7.46. The minimum atomic E-state index is 0.266. The molecule has 0 saturated carbocycles. The standard InChI is InChI=1S/C18H24BrNS/c1-7-20-17(18-15(19)8-9-21-18)16-13(5)11(3)10(2)12(4)14(16)6/h8-9,17,20H,7H2,1-6H3. The molecule has 1 aromatic heterocycles. The third-order valence-electron chi connectivity index (χ3n) is 4.66. The van der Waals surface area contributed by atoms with Gasteiger partial charge in [0.25, 0.3) is 0 Å². The summed E-state index contributed by atoms with van der Waals surface area (Å²) in [7, 11) is 0. The molecule has 0 saturated heterocycles. The van der Waals surface area contributed by atoms with E-state index in [1.165, 1.54) is 42.7 Å². The van der Waals surface area contributed by atoms with Gasteiger partial charge in [-0.1, -0.05) is 6.92 Å². The highest BCUT2D eigenvalue weighted by molar-refractivity contribution is 9.10. The number of hydrogen-bond acceptors (Lipinski definition) is 2. The Hall–Kier alpha value is -0.640. The van der Waals surface area contributed by atoms with Crippen molar-refractivity contribution >= 4 is 27.3 Å². The molecule has 0 amide bonds. The van der Waals surface area contributed by atoms with Crippen molar-refractivity contribution in [1.29, 1.82) is 0 Å². The molecule has 0 aliphatic rings. The van der Waals surface area contributed by atoms with E-state index in [0.29, 0.717) is 0 Å². The van der Waals surface area contributed by atoms with E-state index >= 15 is 0 Å². The van der Waals surface area contributed by atoms with Crippen molar-refractivity contribution in [2.75, 3.05) is 6.54 Å². The monoisotopic (exact) mass is 365 g/mol. The number of thiophene rings is 1. The molecule has 21 heavy (non-hydrogen) atoms. The molecule has 1 heterocycles. The van der Waals surface area contributed by atoms with E-state index < -0.39 is 0 Å². The molecular formula is C18H24BrNS. The zero-order chi connectivity index (χ0) is 15.7. The van der Waals surface area contributed by atoms with Gasteiger partial charge in [-0.15, -0.1) is 11.3 Å². The largest absolute Gasteiger partial charge is 0.306 e. The first-order chi connectivity index (χ1) is 9.90. The van der Waals surface area contributed by atoms with Gasteiger partial charge in [0.1, 0.15) is 0 Å². The van der Waals surface area contributed by atoms with Crippen molar-refractivity contribution < 1.29 is 0 Å². The summed E-state index contributed by atoms with van der Waals surface area (Å²) < 4.78 is 1.20. The predicted molar refractivity (Wildman–Crippen MR) is 97.7 cm³/mol. The molecule has 1 nitrogen and oxygen atoms in total. The molecule has 0 radical (unpaired) electrons. The molecule has 2 rings (SSSR count). The second kappa shape index (κ2) is 6.64. The zero-order valence-corrected chi connectivity index (χ0v) is 16.1. The number of halogens is 1. The Bertz CT molecular complexity index is 628. The lowest BCUT2D eigenvalue weighted by molar-refractivity contribution is 0.630. The van der Waals surface area contributed by atoms with Crippen LogP contribution in [0.15, 0.2) is 15.9 Å². The van der Waals surface area contributed by atoms with Gasteiger partial charge in [0.05, 0.1) is 6.04 Å². The molecule has 0 fully saturated rings. The maximum Gasteiger partial charge on any atom is 0.0687 e. The number of benzene rings is 1. The molecule has 0 aliphatic carbocycles. The SMILES string of the molecule is CCNC(c1sccc1Br)c1c(C)c(C)c(C)c(C)c1C. The summed E-state index contributed by atoms with van der Waals surface area (Å²) in [4.78, 5) is 1.37. The van der Waals surface area contributed by atoms with Crippen molar-refractivity contribution in [3.05, 3.63) is 54.2 Å². The fourth-order valence-corrected chi connectivity index (χ4v) is 4.69. The van der Waals surface area contributed by atoms with Crippen molar-refractivity contribution in [1.82, 2.24) is 5.32 Å². The van der Waals surface area contributed by atoms with Crippen LogP contribution in [0.25, 0.3) is 0 Å². The first kappa shape index (κ1) is 16.7. The average molecular weight is 366 g/mol. The molecule has 1 unspecified atom stereocenters. The van der Waals surface area contributed by atoms with Crippen LogP contribution in [0.2, 0.25) is 0 Å². The van der Waals surface area contributed by atoms with E-state index in [4.69, 9.17) is 0 Å². The third kappa shape index (κ3) is 2.96. The zero-order valence-electron chi connectivity index (χ0n) is 13.7. The molecule has 0 spiro atoms. The van der Waals surface area contributed by atoms with Gasteiger partial charge in [-0.05, 0) is 102 Å². The summed E-state index contributed by atoms with van der Waals surface area (Å²) in [5.74, 6) is 0. The van der Waals surface area contributed by atoms with E-state index in [-0.39, 0.29) is 6.04 Å². The maximum absolute atomic E-state index is 3.71. The Kier molecular flexibility index (Phi) is 5.29. The number of nitrogens with one attached hydrogen (secondary N) is 1. The molecule has 0 bridgehead atoms. The van der Waals surface area contributed by atoms with E-state index in [2.05, 4.69) is 74.2 Å². The summed E-state index contributed by atoms with van der Waals surface area (Å²) in [5, 5.41) is 5.83. The molecule has 1 atom stereocenters. The first-order valence-corrected chi connectivity index (χ1v) is 9.10. The Morgan fingerprint density at radius 1 is 1.00 bits per heavy atom. The number of hydrogen-bond donors (Lipinski definition) is 1.